The van der Waals surface area contributed by atoms with Gasteiger partial charge in [-0.25, -0.2) is 4.98 Å². The SMILES string of the molecule is NC[C@H]1CC[C@@H](C(=O)NCc2nc(-c3ccncc3)cs2)O1. The highest BCUT2D eigenvalue weighted by molar-refractivity contribution is 7.09. The predicted molar refractivity (Wildman–Crippen MR) is 84.1 cm³/mol. The van der Waals surface area contributed by atoms with E-state index >= 15 is 0 Å². The Morgan fingerprint density at radius 3 is 2.95 bits per heavy atom. The summed E-state index contributed by atoms with van der Waals surface area (Å²) in [5, 5.41) is 5.73. The zero-order chi connectivity index (χ0) is 15.4. The molecule has 2 atom stereocenters. The highest BCUT2D eigenvalue weighted by atomic mass is 32.1. The lowest BCUT2D eigenvalue weighted by molar-refractivity contribution is -0.132. The Morgan fingerprint density at radius 2 is 2.23 bits per heavy atom. The van der Waals surface area contributed by atoms with Crippen molar-refractivity contribution in [2.45, 2.75) is 31.6 Å². The minimum Gasteiger partial charge on any atom is -0.364 e. The zero-order valence-corrected chi connectivity index (χ0v) is 12.9. The molecule has 0 aromatic carbocycles. The summed E-state index contributed by atoms with van der Waals surface area (Å²) in [5.74, 6) is -0.0865. The van der Waals surface area contributed by atoms with E-state index in [0.717, 1.165) is 29.1 Å². The average molecular weight is 318 g/mol. The largest absolute Gasteiger partial charge is 0.364 e. The average Bonchev–Trinajstić information content (AvgIpc) is 3.22. The number of rotatable bonds is 5. The van der Waals surface area contributed by atoms with Gasteiger partial charge in [0.2, 0.25) is 5.91 Å². The van der Waals surface area contributed by atoms with Crippen molar-refractivity contribution in [1.29, 1.82) is 0 Å². The quantitative estimate of drug-likeness (QED) is 0.868. The second-order valence-electron chi connectivity index (χ2n) is 5.14. The van der Waals surface area contributed by atoms with Crippen molar-refractivity contribution < 1.29 is 9.53 Å². The van der Waals surface area contributed by atoms with Crippen LogP contribution < -0.4 is 11.1 Å². The molecular formula is C15H18N4O2S. The molecule has 0 saturated carbocycles. The second kappa shape index (κ2) is 6.95. The second-order valence-corrected chi connectivity index (χ2v) is 6.08. The van der Waals surface area contributed by atoms with Gasteiger partial charge in [-0.2, -0.15) is 0 Å². The van der Waals surface area contributed by atoms with E-state index in [1.807, 2.05) is 17.5 Å². The Bertz CT molecular complexity index is 631. The number of nitrogens with zero attached hydrogens (tertiary/aromatic N) is 2. The summed E-state index contributed by atoms with van der Waals surface area (Å²) in [6, 6.07) is 3.83. The number of hydrogen-bond donors (Lipinski definition) is 2. The van der Waals surface area contributed by atoms with Crippen molar-refractivity contribution in [3.63, 3.8) is 0 Å². The Balaban J connectivity index is 1.54. The van der Waals surface area contributed by atoms with E-state index in [-0.39, 0.29) is 18.1 Å². The third-order valence-electron chi connectivity index (χ3n) is 3.60. The predicted octanol–water partition coefficient (Wildman–Crippen LogP) is 1.33. The number of carbonyl (C=O) groups is 1. The monoisotopic (exact) mass is 318 g/mol. The third-order valence-corrected chi connectivity index (χ3v) is 4.45. The van der Waals surface area contributed by atoms with Gasteiger partial charge in [0.15, 0.2) is 0 Å². The van der Waals surface area contributed by atoms with Crippen molar-refractivity contribution in [2.24, 2.45) is 5.73 Å². The normalized spacial score (nSPS) is 21.0. The molecule has 7 heteroatoms. The summed E-state index contributed by atoms with van der Waals surface area (Å²) in [6.07, 6.45) is 4.68. The smallest absolute Gasteiger partial charge is 0.249 e. The van der Waals surface area contributed by atoms with Crippen molar-refractivity contribution in [2.75, 3.05) is 6.54 Å². The molecule has 0 radical (unpaired) electrons. The molecule has 0 unspecified atom stereocenters. The summed E-state index contributed by atoms with van der Waals surface area (Å²) in [6.45, 7) is 0.882. The maximum Gasteiger partial charge on any atom is 0.249 e. The molecule has 3 N–H and O–H groups in total. The first-order valence-corrected chi connectivity index (χ1v) is 8.12. The molecule has 3 rings (SSSR count). The zero-order valence-electron chi connectivity index (χ0n) is 12.1. The lowest BCUT2D eigenvalue weighted by atomic mass is 10.2. The summed E-state index contributed by atoms with van der Waals surface area (Å²) < 4.78 is 5.57. The molecule has 2 aromatic heterocycles. The van der Waals surface area contributed by atoms with Crippen LogP contribution in [-0.4, -0.2) is 34.6 Å². The molecule has 1 aliphatic heterocycles. The number of aromatic nitrogens is 2. The number of amides is 1. The highest BCUT2D eigenvalue weighted by Gasteiger charge is 2.29. The van der Waals surface area contributed by atoms with Gasteiger partial charge < -0.3 is 15.8 Å². The van der Waals surface area contributed by atoms with E-state index in [9.17, 15) is 4.79 Å². The van der Waals surface area contributed by atoms with Crippen molar-refractivity contribution >= 4 is 17.2 Å². The lowest BCUT2D eigenvalue weighted by Crippen LogP contribution is -2.35. The van der Waals surface area contributed by atoms with E-state index in [1.54, 1.807) is 12.4 Å². The van der Waals surface area contributed by atoms with Gasteiger partial charge in [0.1, 0.15) is 11.1 Å². The minimum absolute atomic E-state index is 0.00825. The molecule has 1 saturated heterocycles. The number of thiazole rings is 1. The maximum atomic E-state index is 12.0. The van der Waals surface area contributed by atoms with Gasteiger partial charge in [0.05, 0.1) is 18.3 Å². The van der Waals surface area contributed by atoms with E-state index in [2.05, 4.69) is 15.3 Å². The molecule has 2 aromatic rings. The molecule has 0 spiro atoms. The molecule has 116 valence electrons. The number of carbonyl (C=O) groups excluding carboxylic acids is 1. The molecular weight excluding hydrogens is 300 g/mol. The van der Waals surface area contributed by atoms with Crippen LogP contribution in [0.1, 0.15) is 17.8 Å². The fourth-order valence-electron chi connectivity index (χ4n) is 2.40. The molecule has 1 amide bonds. The van der Waals surface area contributed by atoms with Gasteiger partial charge >= 0.3 is 0 Å². The fraction of sp³-hybridized carbons (Fsp3) is 0.400. The molecule has 1 fully saturated rings. The van der Waals surface area contributed by atoms with E-state index in [1.165, 1.54) is 11.3 Å². The molecule has 0 aliphatic carbocycles. The summed E-state index contributed by atoms with van der Waals surface area (Å²) in [7, 11) is 0. The van der Waals surface area contributed by atoms with Crippen LogP contribution in [0.3, 0.4) is 0 Å². The first-order valence-electron chi connectivity index (χ1n) is 7.24. The van der Waals surface area contributed by atoms with Crippen molar-refractivity contribution in [3.8, 4) is 11.3 Å². The van der Waals surface area contributed by atoms with Crippen LogP contribution in [-0.2, 0) is 16.1 Å². The highest BCUT2D eigenvalue weighted by Crippen LogP contribution is 2.22. The lowest BCUT2D eigenvalue weighted by Gasteiger charge is -2.11. The summed E-state index contributed by atoms with van der Waals surface area (Å²) in [4.78, 5) is 20.6. The topological polar surface area (TPSA) is 90.1 Å². The van der Waals surface area contributed by atoms with Gasteiger partial charge in [0, 0.05) is 29.9 Å². The number of pyridine rings is 1. The Morgan fingerprint density at radius 1 is 1.41 bits per heavy atom. The Labute approximate surface area is 132 Å². The van der Waals surface area contributed by atoms with Crippen LogP contribution in [0.15, 0.2) is 29.9 Å². The summed E-state index contributed by atoms with van der Waals surface area (Å²) >= 11 is 1.53. The third kappa shape index (κ3) is 3.49. The molecule has 22 heavy (non-hydrogen) atoms. The van der Waals surface area contributed by atoms with Crippen molar-refractivity contribution in [3.05, 3.63) is 34.9 Å². The number of nitrogens with two attached hydrogens (primary N) is 1. The minimum atomic E-state index is -0.381. The first-order chi connectivity index (χ1) is 10.8. The van der Waals surface area contributed by atoms with Crippen LogP contribution in [0, 0.1) is 0 Å². The van der Waals surface area contributed by atoms with Crippen LogP contribution in [0.5, 0.6) is 0 Å². The Kier molecular flexibility index (Phi) is 4.77. The van der Waals surface area contributed by atoms with Gasteiger partial charge in [-0.05, 0) is 25.0 Å². The van der Waals surface area contributed by atoms with Gasteiger partial charge in [-0.1, -0.05) is 0 Å². The molecule has 0 bridgehead atoms. The molecule has 6 nitrogen and oxygen atoms in total. The fourth-order valence-corrected chi connectivity index (χ4v) is 3.14. The van der Waals surface area contributed by atoms with Crippen molar-refractivity contribution in [1.82, 2.24) is 15.3 Å². The number of ether oxygens (including phenoxy) is 1. The molecule has 3 heterocycles. The van der Waals surface area contributed by atoms with Gasteiger partial charge in [-0.3, -0.25) is 9.78 Å². The van der Waals surface area contributed by atoms with Gasteiger partial charge in [-0.15, -0.1) is 11.3 Å². The van der Waals surface area contributed by atoms with E-state index in [4.69, 9.17) is 10.5 Å². The standard InChI is InChI=1S/C15H18N4O2S/c16-7-11-1-2-13(21-11)15(20)18-8-14-19-12(9-22-14)10-3-5-17-6-4-10/h3-6,9,11,13H,1-2,7-8,16H2,(H,18,20)/t11-,13+/m1/s1. The number of hydrogen-bond acceptors (Lipinski definition) is 6. The van der Waals surface area contributed by atoms with Crippen LogP contribution in [0.4, 0.5) is 0 Å². The first kappa shape index (κ1) is 15.1. The van der Waals surface area contributed by atoms with Crippen LogP contribution >= 0.6 is 11.3 Å². The van der Waals surface area contributed by atoms with Gasteiger partial charge in [0.25, 0.3) is 0 Å². The molecule has 1 aliphatic rings. The summed E-state index contributed by atoms with van der Waals surface area (Å²) in [5.41, 5.74) is 7.47. The maximum absolute atomic E-state index is 12.0. The Hall–Kier alpha value is -1.83. The van der Waals surface area contributed by atoms with E-state index in [0.29, 0.717) is 13.1 Å². The van der Waals surface area contributed by atoms with E-state index < -0.39 is 0 Å². The van der Waals surface area contributed by atoms with Crippen LogP contribution in [0.2, 0.25) is 0 Å². The number of nitrogens with one attached hydrogen (secondary N) is 1. The van der Waals surface area contributed by atoms with Crippen LogP contribution in [0.25, 0.3) is 11.3 Å².